The molecule has 4 heteroatoms. The van der Waals surface area contributed by atoms with Crippen molar-refractivity contribution in [2.24, 2.45) is 5.92 Å². The van der Waals surface area contributed by atoms with Gasteiger partial charge in [0.05, 0.1) is 5.69 Å². The van der Waals surface area contributed by atoms with Crippen molar-refractivity contribution in [3.8, 4) is 0 Å². The molecule has 2 heterocycles. The van der Waals surface area contributed by atoms with Crippen LogP contribution in [0.15, 0.2) is 12.1 Å². The fraction of sp³-hybridized carbons (Fsp3) is 0.643. The molecule has 3 nitrogen and oxygen atoms in total. The van der Waals surface area contributed by atoms with E-state index in [4.69, 9.17) is 17.3 Å². The van der Waals surface area contributed by atoms with Gasteiger partial charge < -0.3 is 10.6 Å². The summed E-state index contributed by atoms with van der Waals surface area (Å²) in [5, 5.41) is 0.522. The van der Waals surface area contributed by atoms with Gasteiger partial charge in [0.15, 0.2) is 5.82 Å². The lowest BCUT2D eigenvalue weighted by atomic mass is 9.96. The SMILES string of the molecule is CCCC1CCCN(c2nc(Cl)ccc2N)CC1. The monoisotopic (exact) mass is 267 g/mol. The summed E-state index contributed by atoms with van der Waals surface area (Å²) in [7, 11) is 0. The molecule has 1 aliphatic rings. The molecular formula is C14H22ClN3. The molecule has 1 unspecified atom stereocenters. The summed E-state index contributed by atoms with van der Waals surface area (Å²) >= 11 is 5.96. The highest BCUT2D eigenvalue weighted by Gasteiger charge is 2.19. The average molecular weight is 268 g/mol. The standard InChI is InChI=1S/C14H22ClN3/c1-2-4-11-5-3-9-18(10-8-11)14-12(16)6-7-13(15)17-14/h6-7,11H,2-5,8-10,16H2,1H3. The molecule has 0 aliphatic carbocycles. The van der Waals surface area contributed by atoms with Crippen LogP contribution in [-0.2, 0) is 0 Å². The Bertz CT molecular complexity index is 395. The zero-order chi connectivity index (χ0) is 13.0. The molecule has 1 saturated heterocycles. The van der Waals surface area contributed by atoms with Gasteiger partial charge >= 0.3 is 0 Å². The molecule has 2 N–H and O–H groups in total. The van der Waals surface area contributed by atoms with E-state index in [0.29, 0.717) is 5.15 Å². The van der Waals surface area contributed by atoms with Crippen LogP contribution >= 0.6 is 11.6 Å². The average Bonchev–Trinajstić information content (AvgIpc) is 2.58. The first kappa shape index (κ1) is 13.5. The summed E-state index contributed by atoms with van der Waals surface area (Å²) in [6, 6.07) is 3.59. The molecule has 1 aliphatic heterocycles. The third kappa shape index (κ3) is 3.29. The predicted octanol–water partition coefficient (Wildman–Crippen LogP) is 3.72. The number of anilines is 2. The maximum Gasteiger partial charge on any atom is 0.153 e. The van der Waals surface area contributed by atoms with Gasteiger partial charge in [0.2, 0.25) is 0 Å². The third-order valence-corrected chi connectivity index (χ3v) is 3.93. The number of halogens is 1. The lowest BCUT2D eigenvalue weighted by Gasteiger charge is -2.23. The molecule has 1 fully saturated rings. The smallest absolute Gasteiger partial charge is 0.153 e. The second-order valence-electron chi connectivity index (χ2n) is 5.12. The Morgan fingerprint density at radius 2 is 2.22 bits per heavy atom. The summed E-state index contributed by atoms with van der Waals surface area (Å²) in [4.78, 5) is 6.66. The molecule has 0 aromatic carbocycles. The molecule has 1 atom stereocenters. The van der Waals surface area contributed by atoms with Crippen molar-refractivity contribution >= 4 is 23.1 Å². The van der Waals surface area contributed by atoms with Crippen molar-refractivity contribution < 1.29 is 0 Å². The second-order valence-corrected chi connectivity index (χ2v) is 5.51. The fourth-order valence-electron chi connectivity index (χ4n) is 2.76. The molecule has 18 heavy (non-hydrogen) atoms. The van der Waals surface area contributed by atoms with Crippen LogP contribution in [0, 0.1) is 5.92 Å². The van der Waals surface area contributed by atoms with Crippen molar-refractivity contribution in [1.82, 2.24) is 4.98 Å². The van der Waals surface area contributed by atoms with Crippen LogP contribution < -0.4 is 10.6 Å². The quantitative estimate of drug-likeness (QED) is 0.849. The van der Waals surface area contributed by atoms with E-state index in [1.165, 1.54) is 32.1 Å². The molecular weight excluding hydrogens is 246 g/mol. The first-order valence-electron chi connectivity index (χ1n) is 6.87. The number of hydrogen-bond donors (Lipinski definition) is 1. The van der Waals surface area contributed by atoms with Crippen LogP contribution in [0.5, 0.6) is 0 Å². The van der Waals surface area contributed by atoms with Gasteiger partial charge in [-0.1, -0.05) is 31.4 Å². The van der Waals surface area contributed by atoms with Gasteiger partial charge in [-0.05, 0) is 37.3 Å². The van der Waals surface area contributed by atoms with E-state index < -0.39 is 0 Å². The van der Waals surface area contributed by atoms with Crippen molar-refractivity contribution in [2.75, 3.05) is 23.7 Å². The Balaban J connectivity index is 2.07. The Labute approximate surface area is 114 Å². The second kappa shape index (κ2) is 6.28. The molecule has 0 spiro atoms. The van der Waals surface area contributed by atoms with Crippen molar-refractivity contribution in [1.29, 1.82) is 0 Å². The minimum atomic E-state index is 0.522. The first-order chi connectivity index (χ1) is 8.70. The molecule has 100 valence electrons. The molecule has 0 radical (unpaired) electrons. The predicted molar refractivity (Wildman–Crippen MR) is 78.1 cm³/mol. The van der Waals surface area contributed by atoms with Gasteiger partial charge in [0.1, 0.15) is 5.15 Å². The van der Waals surface area contributed by atoms with Crippen molar-refractivity contribution in [3.63, 3.8) is 0 Å². The van der Waals surface area contributed by atoms with E-state index in [1.807, 2.05) is 6.07 Å². The van der Waals surface area contributed by atoms with E-state index in [-0.39, 0.29) is 0 Å². The molecule has 1 aromatic rings. The van der Waals surface area contributed by atoms with Crippen molar-refractivity contribution in [2.45, 2.75) is 39.0 Å². The lowest BCUT2D eigenvalue weighted by Crippen LogP contribution is -2.26. The maximum absolute atomic E-state index is 6.00. The summed E-state index contributed by atoms with van der Waals surface area (Å²) in [6.45, 7) is 4.35. The van der Waals surface area contributed by atoms with Crippen LogP contribution in [0.2, 0.25) is 5.15 Å². The number of rotatable bonds is 3. The topological polar surface area (TPSA) is 42.2 Å². The van der Waals surface area contributed by atoms with Crippen LogP contribution in [0.1, 0.15) is 39.0 Å². The van der Waals surface area contributed by atoms with Crippen LogP contribution in [-0.4, -0.2) is 18.1 Å². The summed E-state index contributed by atoms with van der Waals surface area (Å²) in [5.41, 5.74) is 6.73. The summed E-state index contributed by atoms with van der Waals surface area (Å²) in [5.74, 6) is 1.72. The Morgan fingerprint density at radius 3 is 3.00 bits per heavy atom. The number of nitrogen functional groups attached to an aromatic ring is 1. The number of hydrogen-bond acceptors (Lipinski definition) is 3. The molecule has 2 rings (SSSR count). The number of nitrogens with two attached hydrogens (primary N) is 1. The highest BCUT2D eigenvalue weighted by molar-refractivity contribution is 6.29. The summed E-state index contributed by atoms with van der Waals surface area (Å²) < 4.78 is 0. The molecule has 1 aromatic heterocycles. The highest BCUT2D eigenvalue weighted by atomic mass is 35.5. The zero-order valence-corrected chi connectivity index (χ0v) is 11.8. The number of nitrogens with zero attached hydrogens (tertiary/aromatic N) is 2. The maximum atomic E-state index is 6.00. The number of aromatic nitrogens is 1. The first-order valence-corrected chi connectivity index (χ1v) is 7.25. The van der Waals surface area contributed by atoms with E-state index >= 15 is 0 Å². The fourth-order valence-corrected chi connectivity index (χ4v) is 2.91. The molecule has 0 amide bonds. The minimum absolute atomic E-state index is 0.522. The van der Waals surface area contributed by atoms with Crippen LogP contribution in [0.3, 0.4) is 0 Å². The van der Waals surface area contributed by atoms with Gasteiger partial charge in [-0.25, -0.2) is 4.98 Å². The summed E-state index contributed by atoms with van der Waals surface area (Å²) in [6.07, 6.45) is 6.40. The van der Waals surface area contributed by atoms with Gasteiger partial charge in [0, 0.05) is 13.1 Å². The van der Waals surface area contributed by atoms with Crippen molar-refractivity contribution in [3.05, 3.63) is 17.3 Å². The van der Waals surface area contributed by atoms with E-state index in [0.717, 1.165) is 30.5 Å². The van der Waals surface area contributed by atoms with E-state index in [1.54, 1.807) is 6.07 Å². The van der Waals surface area contributed by atoms with Gasteiger partial charge in [-0.15, -0.1) is 0 Å². The van der Waals surface area contributed by atoms with Gasteiger partial charge in [0.25, 0.3) is 0 Å². The Hall–Kier alpha value is -0.960. The minimum Gasteiger partial charge on any atom is -0.396 e. The Kier molecular flexibility index (Phi) is 4.70. The van der Waals surface area contributed by atoms with Crippen LogP contribution in [0.25, 0.3) is 0 Å². The molecule has 0 saturated carbocycles. The molecule has 0 bridgehead atoms. The van der Waals surface area contributed by atoms with Gasteiger partial charge in [-0.2, -0.15) is 0 Å². The largest absolute Gasteiger partial charge is 0.396 e. The normalized spacial score (nSPS) is 20.8. The highest BCUT2D eigenvalue weighted by Crippen LogP contribution is 2.28. The third-order valence-electron chi connectivity index (χ3n) is 3.72. The lowest BCUT2D eigenvalue weighted by molar-refractivity contribution is 0.435. The number of pyridine rings is 1. The van der Waals surface area contributed by atoms with Gasteiger partial charge in [-0.3, -0.25) is 0 Å². The Morgan fingerprint density at radius 1 is 1.39 bits per heavy atom. The van der Waals surface area contributed by atoms with Crippen LogP contribution in [0.4, 0.5) is 11.5 Å². The zero-order valence-electron chi connectivity index (χ0n) is 11.0. The van der Waals surface area contributed by atoms with E-state index in [2.05, 4.69) is 16.8 Å². The van der Waals surface area contributed by atoms with E-state index in [9.17, 15) is 0 Å².